The predicted octanol–water partition coefficient (Wildman–Crippen LogP) is 19.8. The average Bonchev–Trinajstić information content (AvgIpc) is 4.12. The number of fused-ring (bicyclic) bond motifs is 9. The molecule has 0 unspecified atom stereocenters. The van der Waals surface area contributed by atoms with E-state index in [0.29, 0.717) is 0 Å². The zero-order valence-corrected chi connectivity index (χ0v) is 43.8. The van der Waals surface area contributed by atoms with Gasteiger partial charge in [-0.15, -0.1) is 0 Å². The van der Waals surface area contributed by atoms with Gasteiger partial charge in [0.1, 0.15) is 0 Å². The van der Waals surface area contributed by atoms with Gasteiger partial charge in [0, 0.05) is 49.3 Å². The zero-order valence-electron chi connectivity index (χ0n) is 43.8. The van der Waals surface area contributed by atoms with E-state index in [1.165, 1.54) is 77.5 Å². The van der Waals surface area contributed by atoms with Crippen LogP contribution >= 0.6 is 0 Å². The summed E-state index contributed by atoms with van der Waals surface area (Å²) in [5, 5.41) is 8.21. The number of allylic oxidation sites excluding steroid dienone is 1. The van der Waals surface area contributed by atoms with Crippen molar-refractivity contribution in [2.45, 2.75) is 12.8 Å². The molecule has 16 rings (SSSR count). The third-order valence-corrected chi connectivity index (χ3v) is 16.7. The normalized spacial score (nSPS) is 12.5. The van der Waals surface area contributed by atoms with Gasteiger partial charge in [0.15, 0.2) is 0 Å². The van der Waals surface area contributed by atoms with Crippen molar-refractivity contribution < 1.29 is 0 Å². The van der Waals surface area contributed by atoms with E-state index in [2.05, 4.69) is 288 Å². The molecule has 0 fully saturated rings. The van der Waals surface area contributed by atoms with Crippen LogP contribution in [-0.4, -0.2) is 19.1 Å². The Morgan fingerprint density at radius 3 is 1.14 bits per heavy atom. The molecule has 3 aromatic heterocycles. The number of aromatic nitrogens is 4. The van der Waals surface area contributed by atoms with E-state index in [1.807, 2.05) is 0 Å². The molecular weight excluding hydrogens is 969 g/mol. The Balaban J connectivity index is 0.891. The molecule has 0 bridgehead atoms. The minimum absolute atomic E-state index is 0.849. The van der Waals surface area contributed by atoms with Crippen LogP contribution in [0.1, 0.15) is 23.2 Å². The first-order valence-corrected chi connectivity index (χ1v) is 27.7. The quantitative estimate of drug-likeness (QED) is 0.152. The van der Waals surface area contributed by atoms with Crippen LogP contribution < -0.4 is 0 Å². The Kier molecular flexibility index (Phi) is 10.7. The summed E-state index contributed by atoms with van der Waals surface area (Å²) < 4.78 is 5.01. The van der Waals surface area contributed by atoms with Crippen LogP contribution in [0.15, 0.2) is 273 Å². The van der Waals surface area contributed by atoms with Crippen molar-refractivity contribution in [2.75, 3.05) is 0 Å². The molecule has 0 saturated heterocycles. The molecule has 374 valence electrons. The van der Waals surface area contributed by atoms with E-state index >= 15 is 0 Å². The lowest BCUT2D eigenvalue weighted by molar-refractivity contribution is 0.901. The maximum Gasteiger partial charge on any atom is 0.0979 e. The van der Waals surface area contributed by atoms with Gasteiger partial charge in [0.05, 0.1) is 50.3 Å². The Hall–Kier alpha value is -10.4. The van der Waals surface area contributed by atoms with Gasteiger partial charge in [0.2, 0.25) is 0 Å². The van der Waals surface area contributed by atoms with E-state index in [9.17, 15) is 0 Å². The SMILES string of the molecule is C1=C(c2ccccc2)CCc2c1c1cc(-c3ccccc3)ccc1n2-c1ccc(-c2nc3ccccc3nc2-c2ccc(-n3c4ccc(-c5ccccc5)cc4c4cc(-c5ccccc5)ccc43)c3ccccc23)c2ccccc12. The molecule has 0 aliphatic heterocycles. The second kappa shape index (κ2) is 18.7. The lowest BCUT2D eigenvalue weighted by Gasteiger charge is -2.20. The molecule has 0 saturated carbocycles. The van der Waals surface area contributed by atoms with Crippen molar-refractivity contribution in [1.82, 2.24) is 19.1 Å². The van der Waals surface area contributed by atoms with E-state index < -0.39 is 0 Å². The molecule has 4 nitrogen and oxygen atoms in total. The van der Waals surface area contributed by atoms with Crippen LogP contribution in [0.2, 0.25) is 0 Å². The van der Waals surface area contributed by atoms with Gasteiger partial charge in [-0.25, -0.2) is 9.97 Å². The minimum atomic E-state index is 0.849. The van der Waals surface area contributed by atoms with Crippen molar-refractivity contribution in [1.29, 1.82) is 0 Å². The monoisotopic (exact) mass is 1020 g/mol. The highest BCUT2D eigenvalue weighted by molar-refractivity contribution is 6.14. The largest absolute Gasteiger partial charge is 0.312 e. The van der Waals surface area contributed by atoms with Crippen LogP contribution in [0.3, 0.4) is 0 Å². The van der Waals surface area contributed by atoms with Crippen molar-refractivity contribution in [3.05, 3.63) is 290 Å². The Morgan fingerprint density at radius 1 is 0.275 bits per heavy atom. The third kappa shape index (κ3) is 7.45. The summed E-state index contributed by atoms with van der Waals surface area (Å²) in [7, 11) is 0. The Labute approximate surface area is 463 Å². The molecule has 0 atom stereocenters. The average molecular weight is 1020 g/mol. The molecule has 80 heavy (non-hydrogen) atoms. The zero-order chi connectivity index (χ0) is 52.7. The molecule has 4 heteroatoms. The second-order valence-corrected chi connectivity index (χ2v) is 21.1. The molecule has 3 heterocycles. The van der Waals surface area contributed by atoms with Crippen LogP contribution in [-0.2, 0) is 6.42 Å². The Morgan fingerprint density at radius 2 is 0.662 bits per heavy atom. The van der Waals surface area contributed by atoms with Crippen molar-refractivity contribution in [3.8, 4) is 67.3 Å². The number of hydrogen-bond donors (Lipinski definition) is 0. The maximum atomic E-state index is 5.61. The van der Waals surface area contributed by atoms with Gasteiger partial charge in [-0.05, 0) is 147 Å². The number of benzene rings is 12. The molecule has 0 amide bonds. The maximum absolute atomic E-state index is 5.61. The number of para-hydroxylation sites is 2. The van der Waals surface area contributed by atoms with Crippen molar-refractivity contribution in [3.63, 3.8) is 0 Å². The van der Waals surface area contributed by atoms with Crippen LogP contribution in [0.4, 0.5) is 0 Å². The standard InChI is InChI=1S/C76H50N4/c1-5-19-49(20-6-1)53-33-39-71-63(45-53)64-46-54(50-21-7-2-8-22-50)34-40-72(64)79(71)69-43-37-61(57-27-13-15-29-59(57)69)75-76(78-68-32-18-17-31-67(68)77-75)62-38-44-70(60-30-16-14-28-58(60)62)80-73-41-35-55(51-23-9-3-10-24-51)47-65(73)66-48-56(36-42-74(66)80)52-25-11-4-12-26-52/h1-35,37-41,43-48H,36,42H2. The highest BCUT2D eigenvalue weighted by Gasteiger charge is 2.26. The first-order valence-electron chi connectivity index (χ1n) is 27.7. The smallest absolute Gasteiger partial charge is 0.0979 e. The lowest BCUT2D eigenvalue weighted by atomic mass is 9.90. The van der Waals surface area contributed by atoms with Gasteiger partial charge in [-0.3, -0.25) is 0 Å². The van der Waals surface area contributed by atoms with Crippen molar-refractivity contribution >= 4 is 76.9 Å². The molecule has 12 aromatic carbocycles. The van der Waals surface area contributed by atoms with Crippen LogP contribution in [0, 0.1) is 0 Å². The number of rotatable bonds is 8. The molecular formula is C76H50N4. The molecule has 15 aromatic rings. The van der Waals surface area contributed by atoms with Gasteiger partial charge in [-0.2, -0.15) is 0 Å². The summed E-state index contributed by atoms with van der Waals surface area (Å²) in [6.45, 7) is 0. The second-order valence-electron chi connectivity index (χ2n) is 21.1. The van der Waals surface area contributed by atoms with Crippen LogP contribution in [0.25, 0.3) is 144 Å². The summed E-state index contributed by atoms with van der Waals surface area (Å²) in [5.74, 6) is 0. The summed E-state index contributed by atoms with van der Waals surface area (Å²) in [4.78, 5) is 11.2. The van der Waals surface area contributed by atoms with Gasteiger partial charge < -0.3 is 9.13 Å². The van der Waals surface area contributed by atoms with Gasteiger partial charge in [0.25, 0.3) is 0 Å². The summed E-state index contributed by atoms with van der Waals surface area (Å²) in [6.07, 6.45) is 4.33. The van der Waals surface area contributed by atoms with E-state index in [0.717, 1.165) is 90.3 Å². The summed E-state index contributed by atoms with van der Waals surface area (Å²) in [6, 6.07) is 99.2. The first-order chi connectivity index (χ1) is 39.7. The van der Waals surface area contributed by atoms with Gasteiger partial charge in [-0.1, -0.05) is 200 Å². The Bertz CT molecular complexity index is 4880. The lowest BCUT2D eigenvalue weighted by Crippen LogP contribution is -2.06. The molecule has 1 aliphatic rings. The van der Waals surface area contributed by atoms with E-state index in [4.69, 9.17) is 9.97 Å². The molecule has 0 radical (unpaired) electrons. The third-order valence-electron chi connectivity index (χ3n) is 16.7. The fourth-order valence-electron chi connectivity index (χ4n) is 12.9. The number of hydrogen-bond acceptors (Lipinski definition) is 2. The van der Waals surface area contributed by atoms with Crippen molar-refractivity contribution in [2.24, 2.45) is 0 Å². The minimum Gasteiger partial charge on any atom is -0.312 e. The summed E-state index contributed by atoms with van der Waals surface area (Å²) >= 11 is 0. The van der Waals surface area contributed by atoms with E-state index in [-0.39, 0.29) is 0 Å². The van der Waals surface area contributed by atoms with Crippen LogP contribution in [0.5, 0.6) is 0 Å². The predicted molar refractivity (Wildman–Crippen MR) is 336 cm³/mol. The van der Waals surface area contributed by atoms with E-state index in [1.54, 1.807) is 0 Å². The number of nitrogens with zero attached hydrogens (tertiary/aromatic N) is 4. The highest BCUT2D eigenvalue weighted by Crippen LogP contribution is 2.46. The molecule has 0 spiro atoms. The fourth-order valence-corrected chi connectivity index (χ4v) is 12.9. The first kappa shape index (κ1) is 45.7. The molecule has 1 aliphatic carbocycles. The summed E-state index contributed by atoms with van der Waals surface area (Å²) in [5.41, 5.74) is 23.8. The molecule has 0 N–H and O–H groups in total. The fraction of sp³-hybridized carbons (Fsp3) is 0.0263. The van der Waals surface area contributed by atoms with Gasteiger partial charge >= 0.3 is 0 Å². The topological polar surface area (TPSA) is 35.6 Å². The highest BCUT2D eigenvalue weighted by atomic mass is 15.0.